The molecule has 0 N–H and O–H groups in total. The van der Waals surface area contributed by atoms with Crippen molar-refractivity contribution in [3.8, 4) is 6.01 Å². The summed E-state index contributed by atoms with van der Waals surface area (Å²) in [4.78, 5) is 18.6. The molecule has 1 aromatic heterocycles. The lowest BCUT2D eigenvalue weighted by atomic mass is 9.88. The van der Waals surface area contributed by atoms with Crippen LogP contribution < -0.4 is 4.74 Å². The molecule has 0 radical (unpaired) electrons. The Labute approximate surface area is 88.7 Å². The van der Waals surface area contributed by atoms with E-state index in [2.05, 4.69) is 9.97 Å². The molecule has 80 valence electrons. The van der Waals surface area contributed by atoms with Crippen LogP contribution in [0.2, 0.25) is 0 Å². The Kier molecular flexibility index (Phi) is 3.27. The average molecular weight is 206 g/mol. The quantitative estimate of drug-likeness (QED) is 0.705. The van der Waals surface area contributed by atoms with E-state index in [0.717, 1.165) is 32.0 Å². The zero-order valence-corrected chi connectivity index (χ0v) is 8.50. The summed E-state index contributed by atoms with van der Waals surface area (Å²) < 4.78 is 5.61. The van der Waals surface area contributed by atoms with Crippen LogP contribution in [0.15, 0.2) is 18.5 Å². The highest BCUT2D eigenvalue weighted by Crippen LogP contribution is 2.24. The lowest BCUT2D eigenvalue weighted by Gasteiger charge is -2.24. The molecule has 2 rings (SSSR count). The minimum Gasteiger partial charge on any atom is -0.460 e. The van der Waals surface area contributed by atoms with Crippen molar-refractivity contribution >= 4 is 6.29 Å². The minimum atomic E-state index is 0.170. The largest absolute Gasteiger partial charge is 0.460 e. The number of carbonyl (C=O) groups is 1. The van der Waals surface area contributed by atoms with E-state index in [-0.39, 0.29) is 12.0 Å². The second kappa shape index (κ2) is 4.87. The topological polar surface area (TPSA) is 52.1 Å². The Morgan fingerprint density at radius 3 is 2.47 bits per heavy atom. The standard InChI is InChI=1S/C11H14N2O2/c14-8-9-2-4-10(5-3-9)15-11-12-6-1-7-13-11/h1,6-10H,2-5H2. The Bertz CT molecular complexity index is 308. The molecule has 1 fully saturated rings. The van der Waals surface area contributed by atoms with E-state index >= 15 is 0 Å². The Balaban J connectivity index is 1.85. The number of carbonyl (C=O) groups excluding carboxylic acids is 1. The summed E-state index contributed by atoms with van der Waals surface area (Å²) in [5, 5.41) is 0. The fourth-order valence-corrected chi connectivity index (χ4v) is 1.84. The molecular weight excluding hydrogens is 192 g/mol. The van der Waals surface area contributed by atoms with E-state index < -0.39 is 0 Å². The second-order valence-electron chi connectivity index (χ2n) is 3.82. The molecule has 0 saturated heterocycles. The highest BCUT2D eigenvalue weighted by molar-refractivity contribution is 5.53. The number of hydrogen-bond donors (Lipinski definition) is 0. The molecule has 4 heteroatoms. The molecule has 1 heterocycles. The van der Waals surface area contributed by atoms with Crippen LogP contribution in [0.1, 0.15) is 25.7 Å². The van der Waals surface area contributed by atoms with Gasteiger partial charge < -0.3 is 9.53 Å². The highest BCUT2D eigenvalue weighted by Gasteiger charge is 2.22. The summed E-state index contributed by atoms with van der Waals surface area (Å²) in [6.45, 7) is 0. The third-order valence-electron chi connectivity index (χ3n) is 2.73. The van der Waals surface area contributed by atoms with Crippen LogP contribution in [0.25, 0.3) is 0 Å². The number of aromatic nitrogens is 2. The molecule has 0 spiro atoms. The van der Waals surface area contributed by atoms with Gasteiger partial charge in [-0.15, -0.1) is 0 Å². The molecule has 0 bridgehead atoms. The molecule has 4 nitrogen and oxygen atoms in total. The van der Waals surface area contributed by atoms with Gasteiger partial charge in [0.15, 0.2) is 0 Å². The molecule has 1 aromatic rings. The van der Waals surface area contributed by atoms with Crippen LogP contribution in [-0.4, -0.2) is 22.4 Å². The van der Waals surface area contributed by atoms with Crippen molar-refractivity contribution in [1.82, 2.24) is 9.97 Å². The maximum Gasteiger partial charge on any atom is 0.316 e. The van der Waals surface area contributed by atoms with Crippen molar-refractivity contribution in [2.45, 2.75) is 31.8 Å². The van der Waals surface area contributed by atoms with Crippen molar-refractivity contribution in [1.29, 1.82) is 0 Å². The van der Waals surface area contributed by atoms with Gasteiger partial charge in [-0.05, 0) is 31.7 Å². The van der Waals surface area contributed by atoms with E-state index in [1.807, 2.05) is 0 Å². The van der Waals surface area contributed by atoms with Gasteiger partial charge in [0.05, 0.1) is 0 Å². The van der Waals surface area contributed by atoms with Crippen LogP contribution in [0, 0.1) is 5.92 Å². The fourth-order valence-electron chi connectivity index (χ4n) is 1.84. The summed E-state index contributed by atoms with van der Waals surface area (Å²) in [5.74, 6) is 0.224. The summed E-state index contributed by atoms with van der Waals surface area (Å²) >= 11 is 0. The van der Waals surface area contributed by atoms with Gasteiger partial charge in [0.25, 0.3) is 0 Å². The lowest BCUT2D eigenvalue weighted by molar-refractivity contribution is -0.112. The minimum absolute atomic E-state index is 0.170. The third kappa shape index (κ3) is 2.75. The van der Waals surface area contributed by atoms with Crippen LogP contribution in [0.3, 0.4) is 0 Å². The second-order valence-corrected chi connectivity index (χ2v) is 3.82. The molecule has 0 aliphatic heterocycles. The van der Waals surface area contributed by atoms with Gasteiger partial charge in [-0.2, -0.15) is 0 Å². The first-order chi connectivity index (χ1) is 7.38. The summed E-state index contributed by atoms with van der Waals surface area (Å²) in [5.41, 5.74) is 0. The number of hydrogen-bond acceptors (Lipinski definition) is 4. The van der Waals surface area contributed by atoms with E-state index in [0.29, 0.717) is 6.01 Å². The van der Waals surface area contributed by atoms with Crippen molar-refractivity contribution in [2.24, 2.45) is 5.92 Å². The first kappa shape index (κ1) is 10.1. The molecule has 0 aromatic carbocycles. The summed E-state index contributed by atoms with van der Waals surface area (Å²) in [6.07, 6.45) is 8.22. The number of nitrogens with zero attached hydrogens (tertiary/aromatic N) is 2. The zero-order chi connectivity index (χ0) is 10.5. The lowest BCUT2D eigenvalue weighted by Crippen LogP contribution is -2.25. The van der Waals surface area contributed by atoms with Gasteiger partial charge >= 0.3 is 6.01 Å². The smallest absolute Gasteiger partial charge is 0.316 e. The first-order valence-electron chi connectivity index (χ1n) is 5.27. The predicted octanol–water partition coefficient (Wildman–Crippen LogP) is 1.61. The highest BCUT2D eigenvalue weighted by atomic mass is 16.5. The van der Waals surface area contributed by atoms with Crippen LogP contribution in [0.4, 0.5) is 0 Å². The maximum atomic E-state index is 10.6. The summed E-state index contributed by atoms with van der Waals surface area (Å²) in [6, 6.07) is 2.20. The molecule has 1 aliphatic carbocycles. The Morgan fingerprint density at radius 2 is 1.87 bits per heavy atom. The van der Waals surface area contributed by atoms with Crippen molar-refractivity contribution in [3.63, 3.8) is 0 Å². The average Bonchev–Trinajstić information content (AvgIpc) is 2.31. The molecule has 0 amide bonds. The normalized spacial score (nSPS) is 25.9. The molecule has 0 atom stereocenters. The molecular formula is C11H14N2O2. The van der Waals surface area contributed by atoms with E-state index in [9.17, 15) is 4.79 Å². The number of ether oxygens (including phenoxy) is 1. The predicted molar refractivity (Wildman–Crippen MR) is 54.5 cm³/mol. The molecule has 1 aliphatic rings. The van der Waals surface area contributed by atoms with Crippen LogP contribution in [-0.2, 0) is 4.79 Å². The molecule has 15 heavy (non-hydrogen) atoms. The van der Waals surface area contributed by atoms with Crippen LogP contribution in [0.5, 0.6) is 6.01 Å². The first-order valence-corrected chi connectivity index (χ1v) is 5.27. The molecule has 1 saturated carbocycles. The maximum absolute atomic E-state index is 10.6. The van der Waals surface area contributed by atoms with Gasteiger partial charge in [0, 0.05) is 18.3 Å². The van der Waals surface area contributed by atoms with Gasteiger partial charge in [-0.3, -0.25) is 0 Å². The SMILES string of the molecule is O=CC1CCC(Oc2ncccn2)CC1. The van der Waals surface area contributed by atoms with E-state index in [1.165, 1.54) is 0 Å². The van der Waals surface area contributed by atoms with E-state index in [4.69, 9.17) is 4.74 Å². The van der Waals surface area contributed by atoms with Gasteiger partial charge in [-0.25, -0.2) is 9.97 Å². The molecule has 0 unspecified atom stereocenters. The van der Waals surface area contributed by atoms with Crippen LogP contribution >= 0.6 is 0 Å². The third-order valence-corrected chi connectivity index (χ3v) is 2.73. The van der Waals surface area contributed by atoms with Gasteiger partial charge in [0.1, 0.15) is 12.4 Å². The number of aldehydes is 1. The number of rotatable bonds is 3. The van der Waals surface area contributed by atoms with E-state index in [1.54, 1.807) is 18.5 Å². The monoisotopic (exact) mass is 206 g/mol. The Morgan fingerprint density at radius 1 is 1.20 bits per heavy atom. The zero-order valence-electron chi connectivity index (χ0n) is 8.50. The van der Waals surface area contributed by atoms with Crippen molar-refractivity contribution in [3.05, 3.63) is 18.5 Å². The summed E-state index contributed by atoms with van der Waals surface area (Å²) in [7, 11) is 0. The van der Waals surface area contributed by atoms with Gasteiger partial charge in [0.2, 0.25) is 0 Å². The van der Waals surface area contributed by atoms with Crippen molar-refractivity contribution < 1.29 is 9.53 Å². The van der Waals surface area contributed by atoms with Crippen molar-refractivity contribution in [2.75, 3.05) is 0 Å². The van der Waals surface area contributed by atoms with Gasteiger partial charge in [-0.1, -0.05) is 0 Å². The fraction of sp³-hybridized carbons (Fsp3) is 0.545. The Hall–Kier alpha value is -1.45.